The maximum Gasteiger partial charge on any atom is 0.229 e. The van der Waals surface area contributed by atoms with E-state index in [1.807, 2.05) is 15.9 Å². The molecule has 1 amide bonds. The van der Waals surface area contributed by atoms with Crippen molar-refractivity contribution >= 4 is 36.4 Å². The predicted molar refractivity (Wildman–Crippen MR) is 99.9 cm³/mol. The van der Waals surface area contributed by atoms with Crippen LogP contribution in [0.25, 0.3) is 0 Å². The molecule has 1 aromatic carbocycles. The quantitative estimate of drug-likeness (QED) is 0.860. The SMILES string of the molecule is CC1(C(=O)N2CCN(c3ccccc3F)CC2)CCCNC1.Cl.Cl. The van der Waals surface area contributed by atoms with E-state index in [1.165, 1.54) is 6.07 Å². The molecular formula is C17H26Cl2FN3O. The number of carbonyl (C=O) groups is 1. The minimum atomic E-state index is -0.279. The summed E-state index contributed by atoms with van der Waals surface area (Å²) >= 11 is 0. The van der Waals surface area contributed by atoms with Crippen LogP contribution in [0.2, 0.25) is 0 Å². The normalized spacial score (nSPS) is 23.9. The van der Waals surface area contributed by atoms with Gasteiger partial charge in [0.25, 0.3) is 0 Å². The Hall–Kier alpha value is -1.04. The molecular weight excluding hydrogens is 352 g/mol. The van der Waals surface area contributed by atoms with E-state index < -0.39 is 0 Å². The summed E-state index contributed by atoms with van der Waals surface area (Å²) in [4.78, 5) is 16.8. The highest BCUT2D eigenvalue weighted by Gasteiger charge is 2.38. The minimum Gasteiger partial charge on any atom is -0.366 e. The largest absolute Gasteiger partial charge is 0.366 e. The molecule has 0 aromatic heterocycles. The van der Waals surface area contributed by atoms with Crippen LogP contribution in [0.3, 0.4) is 0 Å². The molecule has 1 unspecified atom stereocenters. The van der Waals surface area contributed by atoms with Gasteiger partial charge in [-0.1, -0.05) is 12.1 Å². The first-order chi connectivity index (χ1) is 10.6. The second-order valence-corrected chi connectivity index (χ2v) is 6.57. The van der Waals surface area contributed by atoms with Gasteiger partial charge in [-0.3, -0.25) is 4.79 Å². The van der Waals surface area contributed by atoms with Gasteiger partial charge in [-0.25, -0.2) is 4.39 Å². The van der Waals surface area contributed by atoms with Gasteiger partial charge in [0.05, 0.1) is 11.1 Å². The van der Waals surface area contributed by atoms with Gasteiger partial charge in [-0.15, -0.1) is 24.8 Å². The average molecular weight is 378 g/mol. The number of carbonyl (C=O) groups excluding carboxylic acids is 1. The number of benzene rings is 1. The summed E-state index contributed by atoms with van der Waals surface area (Å²) in [6, 6.07) is 6.85. The second kappa shape index (κ2) is 8.88. The van der Waals surface area contributed by atoms with E-state index in [0.717, 1.165) is 25.9 Å². The van der Waals surface area contributed by atoms with Crippen LogP contribution in [0.5, 0.6) is 0 Å². The Labute approximate surface area is 155 Å². The summed E-state index contributed by atoms with van der Waals surface area (Å²) in [6.07, 6.45) is 2.00. The van der Waals surface area contributed by atoms with Crippen molar-refractivity contribution in [3.8, 4) is 0 Å². The van der Waals surface area contributed by atoms with Crippen molar-refractivity contribution in [2.75, 3.05) is 44.2 Å². The number of anilines is 1. The van der Waals surface area contributed by atoms with Gasteiger partial charge < -0.3 is 15.1 Å². The lowest BCUT2D eigenvalue weighted by Crippen LogP contribution is -2.56. The van der Waals surface area contributed by atoms with Crippen LogP contribution in [-0.4, -0.2) is 50.1 Å². The van der Waals surface area contributed by atoms with E-state index in [-0.39, 0.29) is 42.0 Å². The number of para-hydroxylation sites is 1. The van der Waals surface area contributed by atoms with E-state index in [9.17, 15) is 9.18 Å². The summed E-state index contributed by atoms with van der Waals surface area (Å²) in [7, 11) is 0. The molecule has 0 radical (unpaired) electrons. The van der Waals surface area contributed by atoms with Gasteiger partial charge in [-0.2, -0.15) is 0 Å². The molecule has 1 N–H and O–H groups in total. The fourth-order valence-electron chi connectivity index (χ4n) is 3.48. The molecule has 1 atom stereocenters. The molecule has 0 saturated carbocycles. The molecule has 0 spiro atoms. The van der Waals surface area contributed by atoms with E-state index >= 15 is 0 Å². The first-order valence-electron chi connectivity index (χ1n) is 8.10. The molecule has 0 aliphatic carbocycles. The topological polar surface area (TPSA) is 35.6 Å². The number of halogens is 3. The Kier molecular flexibility index (Phi) is 7.77. The van der Waals surface area contributed by atoms with E-state index in [4.69, 9.17) is 0 Å². The van der Waals surface area contributed by atoms with E-state index in [1.54, 1.807) is 12.1 Å². The minimum absolute atomic E-state index is 0. The number of nitrogens with zero attached hydrogens (tertiary/aromatic N) is 2. The summed E-state index contributed by atoms with van der Waals surface area (Å²) < 4.78 is 13.9. The maximum atomic E-state index is 13.9. The van der Waals surface area contributed by atoms with Gasteiger partial charge >= 0.3 is 0 Å². The van der Waals surface area contributed by atoms with Gasteiger partial charge in [-0.05, 0) is 38.4 Å². The zero-order valence-electron chi connectivity index (χ0n) is 14.0. The highest BCUT2D eigenvalue weighted by Crippen LogP contribution is 2.29. The van der Waals surface area contributed by atoms with Crippen LogP contribution in [0, 0.1) is 11.2 Å². The number of amides is 1. The molecule has 2 aliphatic heterocycles. The Balaban J connectivity index is 0.00000144. The maximum absolute atomic E-state index is 13.9. The lowest BCUT2D eigenvalue weighted by Gasteiger charge is -2.42. The van der Waals surface area contributed by atoms with Gasteiger partial charge in [0, 0.05) is 32.7 Å². The third-order valence-corrected chi connectivity index (χ3v) is 4.87. The van der Waals surface area contributed by atoms with Crippen LogP contribution < -0.4 is 10.2 Å². The molecule has 7 heteroatoms. The lowest BCUT2D eigenvalue weighted by atomic mass is 9.81. The number of piperazine rings is 1. The van der Waals surface area contributed by atoms with Crippen LogP contribution in [-0.2, 0) is 4.79 Å². The first kappa shape index (κ1) is 21.0. The van der Waals surface area contributed by atoms with Gasteiger partial charge in [0.1, 0.15) is 5.82 Å². The summed E-state index contributed by atoms with van der Waals surface area (Å²) in [5, 5.41) is 3.33. The Morgan fingerprint density at radius 2 is 1.83 bits per heavy atom. The second-order valence-electron chi connectivity index (χ2n) is 6.57. The monoisotopic (exact) mass is 377 g/mol. The highest BCUT2D eigenvalue weighted by molar-refractivity contribution is 5.85. The fraction of sp³-hybridized carbons (Fsp3) is 0.588. The van der Waals surface area contributed by atoms with Gasteiger partial charge in [0.2, 0.25) is 5.91 Å². The lowest BCUT2D eigenvalue weighted by molar-refractivity contribution is -0.142. The zero-order valence-corrected chi connectivity index (χ0v) is 15.6. The van der Waals surface area contributed by atoms with E-state index in [2.05, 4.69) is 12.2 Å². The first-order valence-corrected chi connectivity index (χ1v) is 8.10. The number of hydrogen-bond acceptors (Lipinski definition) is 3. The van der Waals surface area contributed by atoms with Crippen LogP contribution in [0.1, 0.15) is 19.8 Å². The molecule has 136 valence electrons. The Bertz CT molecular complexity index is 544. The summed E-state index contributed by atoms with van der Waals surface area (Å²) in [5.74, 6) is 0.0543. The summed E-state index contributed by atoms with van der Waals surface area (Å²) in [6.45, 7) is 6.55. The number of nitrogens with one attached hydrogen (secondary N) is 1. The third kappa shape index (κ3) is 4.32. The van der Waals surface area contributed by atoms with Gasteiger partial charge in [0.15, 0.2) is 0 Å². The Morgan fingerprint density at radius 1 is 1.17 bits per heavy atom. The van der Waals surface area contributed by atoms with Crippen molar-refractivity contribution in [1.82, 2.24) is 10.2 Å². The fourth-order valence-corrected chi connectivity index (χ4v) is 3.48. The van der Waals surface area contributed by atoms with Crippen molar-refractivity contribution in [3.63, 3.8) is 0 Å². The zero-order chi connectivity index (χ0) is 15.6. The number of hydrogen-bond donors (Lipinski definition) is 1. The number of rotatable bonds is 2. The molecule has 3 rings (SSSR count). The molecule has 2 aliphatic rings. The smallest absolute Gasteiger partial charge is 0.229 e. The van der Waals surface area contributed by atoms with Crippen LogP contribution >= 0.6 is 24.8 Å². The molecule has 2 fully saturated rings. The highest BCUT2D eigenvalue weighted by atomic mass is 35.5. The van der Waals surface area contributed by atoms with Crippen LogP contribution in [0.15, 0.2) is 24.3 Å². The molecule has 2 saturated heterocycles. The average Bonchev–Trinajstić information content (AvgIpc) is 2.55. The standard InChI is InChI=1S/C17H24FN3O.2ClH/c1-17(7-4-8-19-13-17)16(22)21-11-9-20(10-12-21)15-6-3-2-5-14(15)18;;/h2-3,5-6,19H,4,7-13H2,1H3;2*1H. The molecule has 4 nitrogen and oxygen atoms in total. The van der Waals surface area contributed by atoms with Crippen LogP contribution in [0.4, 0.5) is 10.1 Å². The van der Waals surface area contributed by atoms with Crippen molar-refractivity contribution in [2.45, 2.75) is 19.8 Å². The van der Waals surface area contributed by atoms with E-state index in [0.29, 0.717) is 31.9 Å². The Morgan fingerprint density at radius 3 is 2.42 bits per heavy atom. The number of piperidine rings is 1. The van der Waals surface area contributed by atoms with Crippen molar-refractivity contribution < 1.29 is 9.18 Å². The predicted octanol–water partition coefficient (Wildman–Crippen LogP) is 2.71. The molecule has 24 heavy (non-hydrogen) atoms. The van der Waals surface area contributed by atoms with Crippen molar-refractivity contribution in [3.05, 3.63) is 30.1 Å². The molecule has 0 bridgehead atoms. The summed E-state index contributed by atoms with van der Waals surface area (Å²) in [5.41, 5.74) is 0.360. The molecule has 1 aromatic rings. The molecule has 2 heterocycles. The van der Waals surface area contributed by atoms with Crippen molar-refractivity contribution in [2.24, 2.45) is 5.41 Å². The third-order valence-electron chi connectivity index (χ3n) is 4.87. The van der Waals surface area contributed by atoms with Crippen molar-refractivity contribution in [1.29, 1.82) is 0 Å².